The molecule has 2 heterocycles. The Labute approximate surface area is 163 Å². The summed E-state index contributed by atoms with van der Waals surface area (Å²) in [6, 6.07) is 2.47. The van der Waals surface area contributed by atoms with Crippen molar-refractivity contribution in [2.75, 3.05) is 19.9 Å². The van der Waals surface area contributed by atoms with Crippen LogP contribution in [0.4, 0.5) is 0 Å². The first-order valence-electron chi connectivity index (χ1n) is 8.85. The quantitative estimate of drug-likeness (QED) is 0.719. The Bertz CT molecular complexity index is 815. The van der Waals surface area contributed by atoms with E-state index in [-0.39, 0.29) is 11.8 Å². The van der Waals surface area contributed by atoms with Gasteiger partial charge >= 0.3 is 5.63 Å². The molecule has 0 radical (unpaired) electrons. The molecule has 148 valence electrons. The van der Waals surface area contributed by atoms with E-state index >= 15 is 0 Å². The number of nitrogens with one attached hydrogen (secondary N) is 1. The van der Waals surface area contributed by atoms with Crippen molar-refractivity contribution in [2.45, 2.75) is 45.7 Å². The average Bonchev–Trinajstić information content (AvgIpc) is 3.03. The van der Waals surface area contributed by atoms with Crippen LogP contribution < -0.4 is 15.7 Å². The second-order valence-electron chi connectivity index (χ2n) is 7.16. The van der Waals surface area contributed by atoms with E-state index in [0.717, 1.165) is 10.8 Å². The highest BCUT2D eigenvalue weighted by Crippen LogP contribution is 2.31. The second kappa shape index (κ2) is 8.73. The van der Waals surface area contributed by atoms with Crippen molar-refractivity contribution in [3.8, 4) is 5.75 Å². The van der Waals surface area contributed by atoms with Crippen LogP contribution in [0.2, 0.25) is 0 Å². The Kier molecular flexibility index (Phi) is 6.86. The van der Waals surface area contributed by atoms with Gasteiger partial charge in [-0.15, -0.1) is 11.8 Å². The monoisotopic (exact) mass is 393 g/mol. The molecular formula is C19H27N3O4S. The Morgan fingerprint density at radius 3 is 2.78 bits per heavy atom. The van der Waals surface area contributed by atoms with Gasteiger partial charge in [-0.05, 0) is 26.2 Å². The Hall–Kier alpha value is -2.09. The summed E-state index contributed by atoms with van der Waals surface area (Å²) in [5.74, 6) is 1.40. The van der Waals surface area contributed by atoms with Gasteiger partial charge in [-0.1, -0.05) is 13.8 Å². The maximum absolute atomic E-state index is 13.0. The topological polar surface area (TPSA) is 93.3 Å². The normalized spacial score (nSPS) is 21.1. The highest BCUT2D eigenvalue weighted by atomic mass is 32.2. The molecule has 0 aromatic carbocycles. The molecule has 1 aliphatic heterocycles. The van der Waals surface area contributed by atoms with Crippen molar-refractivity contribution in [3.05, 3.63) is 28.3 Å². The van der Waals surface area contributed by atoms with Crippen molar-refractivity contribution in [3.63, 3.8) is 0 Å². The van der Waals surface area contributed by atoms with E-state index in [4.69, 9.17) is 9.15 Å². The lowest BCUT2D eigenvalue weighted by Crippen LogP contribution is -2.45. The van der Waals surface area contributed by atoms with Crippen LogP contribution in [-0.4, -0.2) is 42.1 Å². The van der Waals surface area contributed by atoms with Crippen LogP contribution in [0, 0.1) is 5.92 Å². The van der Waals surface area contributed by atoms with Gasteiger partial charge in [0.2, 0.25) is 5.91 Å². The van der Waals surface area contributed by atoms with Gasteiger partial charge in [0, 0.05) is 18.9 Å². The fourth-order valence-corrected chi connectivity index (χ4v) is 3.87. The van der Waals surface area contributed by atoms with Crippen LogP contribution >= 0.6 is 11.8 Å². The minimum atomic E-state index is -0.889. The number of aliphatic imine (C=N–C) groups is 2. The Balaban J connectivity index is 2.29. The first kappa shape index (κ1) is 21.2. The van der Waals surface area contributed by atoms with Crippen molar-refractivity contribution in [1.29, 1.82) is 0 Å². The van der Waals surface area contributed by atoms with E-state index in [2.05, 4.69) is 15.3 Å². The van der Waals surface area contributed by atoms with Crippen LogP contribution in [0.5, 0.6) is 5.75 Å². The minimum absolute atomic E-state index is 0.204. The standard InChI is InChI=1S/C19H27N3O4S/c1-11(2)7-14(15-8-13(25-6)9-16(23)26-15)21-18(24)19(4)10-27-17(22-19)12(3)20-5/h8-9,11,14H,7,10H2,1-6H3,(H,21,24)/t14-,19?/m1/s1. The van der Waals surface area contributed by atoms with Gasteiger partial charge in [0.15, 0.2) is 0 Å². The second-order valence-corrected chi connectivity index (χ2v) is 8.13. The van der Waals surface area contributed by atoms with E-state index < -0.39 is 17.2 Å². The van der Waals surface area contributed by atoms with Gasteiger partial charge in [-0.25, -0.2) is 4.79 Å². The third-order valence-electron chi connectivity index (χ3n) is 4.33. The van der Waals surface area contributed by atoms with E-state index in [0.29, 0.717) is 23.7 Å². The molecule has 0 saturated heterocycles. The van der Waals surface area contributed by atoms with E-state index in [1.807, 2.05) is 20.8 Å². The molecule has 1 aromatic rings. The molecule has 27 heavy (non-hydrogen) atoms. The molecule has 1 amide bonds. The molecule has 2 atom stereocenters. The summed E-state index contributed by atoms with van der Waals surface area (Å²) in [6.45, 7) is 7.77. The zero-order chi connectivity index (χ0) is 20.2. The summed E-state index contributed by atoms with van der Waals surface area (Å²) in [5, 5.41) is 3.80. The number of carbonyl (C=O) groups is 1. The maximum atomic E-state index is 13.0. The highest BCUT2D eigenvalue weighted by molar-refractivity contribution is 8.16. The largest absolute Gasteiger partial charge is 0.496 e. The van der Waals surface area contributed by atoms with Crippen LogP contribution in [0.1, 0.15) is 45.9 Å². The van der Waals surface area contributed by atoms with Gasteiger partial charge in [0.05, 0.1) is 24.9 Å². The van der Waals surface area contributed by atoms with Gasteiger partial charge in [-0.3, -0.25) is 14.8 Å². The van der Waals surface area contributed by atoms with E-state index in [1.54, 1.807) is 20.0 Å². The van der Waals surface area contributed by atoms with E-state index in [1.165, 1.54) is 24.9 Å². The Morgan fingerprint density at radius 1 is 1.48 bits per heavy atom. The lowest BCUT2D eigenvalue weighted by atomic mass is 9.98. The number of thioether (sulfide) groups is 1. The molecular weight excluding hydrogens is 366 g/mol. The van der Waals surface area contributed by atoms with Crippen molar-refractivity contribution in [2.24, 2.45) is 15.9 Å². The molecule has 8 heteroatoms. The van der Waals surface area contributed by atoms with Crippen molar-refractivity contribution >= 4 is 28.4 Å². The number of ether oxygens (including phenoxy) is 1. The van der Waals surface area contributed by atoms with Gasteiger partial charge in [0.25, 0.3) is 0 Å². The Morgan fingerprint density at radius 2 is 2.19 bits per heavy atom. The first-order chi connectivity index (χ1) is 12.7. The maximum Gasteiger partial charge on any atom is 0.339 e. The molecule has 7 nitrogen and oxygen atoms in total. The summed E-state index contributed by atoms with van der Waals surface area (Å²) in [4.78, 5) is 33.6. The minimum Gasteiger partial charge on any atom is -0.496 e. The molecule has 1 N–H and O–H groups in total. The molecule has 0 bridgehead atoms. The zero-order valence-electron chi connectivity index (χ0n) is 16.7. The SMILES string of the molecule is CN=C(C)C1=NC(C)(C(=O)N[C@H](CC(C)C)c2cc(OC)cc(=O)o2)CS1. The molecule has 0 fully saturated rings. The first-order valence-corrected chi connectivity index (χ1v) is 9.83. The van der Waals surface area contributed by atoms with Crippen LogP contribution in [0.3, 0.4) is 0 Å². The van der Waals surface area contributed by atoms with Crippen molar-refractivity contribution < 1.29 is 13.9 Å². The number of hydrogen-bond acceptors (Lipinski definition) is 7. The molecule has 1 unspecified atom stereocenters. The number of nitrogens with zero attached hydrogens (tertiary/aromatic N) is 2. The average molecular weight is 394 g/mol. The predicted octanol–water partition coefficient (Wildman–Crippen LogP) is 2.85. The highest BCUT2D eigenvalue weighted by Gasteiger charge is 2.40. The zero-order valence-corrected chi connectivity index (χ0v) is 17.5. The lowest BCUT2D eigenvalue weighted by Gasteiger charge is -2.25. The van der Waals surface area contributed by atoms with Gasteiger partial charge < -0.3 is 14.5 Å². The molecule has 0 spiro atoms. The van der Waals surface area contributed by atoms with Crippen LogP contribution in [0.25, 0.3) is 0 Å². The number of rotatable bonds is 7. The summed E-state index contributed by atoms with van der Waals surface area (Å²) in [6.07, 6.45) is 0.622. The van der Waals surface area contributed by atoms with Crippen LogP contribution in [0.15, 0.2) is 31.3 Å². The van der Waals surface area contributed by atoms with Crippen LogP contribution in [-0.2, 0) is 4.79 Å². The van der Waals surface area contributed by atoms with Gasteiger partial charge in [0.1, 0.15) is 22.1 Å². The molecule has 0 aliphatic carbocycles. The van der Waals surface area contributed by atoms with Gasteiger partial charge in [-0.2, -0.15) is 0 Å². The predicted molar refractivity (Wildman–Crippen MR) is 109 cm³/mol. The fourth-order valence-electron chi connectivity index (χ4n) is 2.69. The summed E-state index contributed by atoms with van der Waals surface area (Å²) < 4.78 is 10.5. The summed E-state index contributed by atoms with van der Waals surface area (Å²) in [5.41, 5.74) is -0.584. The summed E-state index contributed by atoms with van der Waals surface area (Å²) >= 11 is 1.52. The fraction of sp³-hybridized carbons (Fsp3) is 0.579. The lowest BCUT2D eigenvalue weighted by molar-refractivity contribution is -0.125. The number of carbonyl (C=O) groups excluding carboxylic acids is 1. The molecule has 2 rings (SSSR count). The van der Waals surface area contributed by atoms with E-state index in [9.17, 15) is 9.59 Å². The number of methoxy groups -OCH3 is 1. The smallest absolute Gasteiger partial charge is 0.339 e. The molecule has 0 saturated carbocycles. The number of hydrogen-bond donors (Lipinski definition) is 1. The molecule has 1 aliphatic rings. The number of amides is 1. The van der Waals surface area contributed by atoms with Crippen molar-refractivity contribution in [1.82, 2.24) is 5.32 Å². The third kappa shape index (κ3) is 5.22. The summed E-state index contributed by atoms with van der Waals surface area (Å²) in [7, 11) is 3.19. The third-order valence-corrected chi connectivity index (χ3v) is 5.69. The molecule has 1 aromatic heterocycles.